The summed E-state index contributed by atoms with van der Waals surface area (Å²) in [6, 6.07) is 3.33. The molecule has 0 spiro atoms. The van der Waals surface area contributed by atoms with Gasteiger partial charge in [-0.15, -0.1) is 0 Å². The van der Waals surface area contributed by atoms with Crippen LogP contribution >= 0.6 is 0 Å². The molecule has 2 aromatic heterocycles. The molecule has 2 heterocycles. The van der Waals surface area contributed by atoms with Crippen molar-refractivity contribution in [3.63, 3.8) is 0 Å². The Labute approximate surface area is 102 Å². The van der Waals surface area contributed by atoms with Gasteiger partial charge in [0, 0.05) is 12.2 Å². The summed E-state index contributed by atoms with van der Waals surface area (Å²) in [6.45, 7) is 4.26. The van der Waals surface area contributed by atoms with E-state index in [-0.39, 0.29) is 5.75 Å². The molecule has 0 aliphatic carbocycles. The molecule has 0 saturated heterocycles. The minimum Gasteiger partial charge on any atom is -0.449 e. The number of aromatic nitrogens is 2. The van der Waals surface area contributed by atoms with Crippen molar-refractivity contribution in [2.45, 2.75) is 20.4 Å². The quantitative estimate of drug-likeness (QED) is 0.819. The molecule has 2 aromatic rings. The summed E-state index contributed by atoms with van der Waals surface area (Å²) in [6.07, 6.45) is -0.139. The second kappa shape index (κ2) is 4.48. The molecule has 0 bridgehead atoms. The number of rotatable bonds is 2. The van der Waals surface area contributed by atoms with Crippen molar-refractivity contribution >= 4 is 17.2 Å². The fraction of sp³-hybridized carbons (Fsp3) is 0.250. The van der Waals surface area contributed by atoms with Gasteiger partial charge in [0.05, 0.1) is 11.6 Å². The van der Waals surface area contributed by atoms with Crippen LogP contribution in [0.5, 0.6) is 5.75 Å². The van der Waals surface area contributed by atoms with Crippen molar-refractivity contribution in [3.8, 4) is 5.75 Å². The minimum absolute atomic E-state index is 0.206. The molecule has 0 aliphatic rings. The number of ether oxygens (including phenoxy) is 1. The maximum Gasteiger partial charge on any atom is 0.511 e. The molecule has 0 aliphatic heterocycles. The second-order valence-electron chi connectivity index (χ2n) is 3.80. The topological polar surface area (TPSA) is 81.4 Å². The zero-order valence-corrected chi connectivity index (χ0v) is 10.0. The number of nitrogens with zero attached hydrogens (tertiary/aromatic N) is 2. The van der Waals surface area contributed by atoms with Crippen LogP contribution in [0, 0.1) is 6.92 Å². The first-order valence-corrected chi connectivity index (χ1v) is 5.44. The van der Waals surface area contributed by atoms with Crippen LogP contribution in [0.15, 0.2) is 23.1 Å². The lowest BCUT2D eigenvalue weighted by Crippen LogP contribution is -2.16. The molecule has 18 heavy (non-hydrogen) atoms. The van der Waals surface area contributed by atoms with E-state index < -0.39 is 11.6 Å². The Hall–Kier alpha value is -2.37. The Morgan fingerprint density at radius 1 is 1.50 bits per heavy atom. The van der Waals surface area contributed by atoms with Gasteiger partial charge in [-0.05, 0) is 26.0 Å². The van der Waals surface area contributed by atoms with E-state index in [2.05, 4.69) is 9.72 Å². The zero-order chi connectivity index (χ0) is 13.3. The predicted octanol–water partition coefficient (Wildman–Crippen LogP) is 1.78. The van der Waals surface area contributed by atoms with E-state index in [4.69, 9.17) is 5.11 Å². The first kappa shape index (κ1) is 12.1. The molecule has 0 aromatic carbocycles. The summed E-state index contributed by atoms with van der Waals surface area (Å²) in [4.78, 5) is 26.8. The van der Waals surface area contributed by atoms with Gasteiger partial charge in [-0.2, -0.15) is 0 Å². The average molecular weight is 248 g/mol. The first-order valence-electron chi connectivity index (χ1n) is 5.44. The molecule has 0 radical (unpaired) electrons. The van der Waals surface area contributed by atoms with Gasteiger partial charge in [0.15, 0.2) is 5.75 Å². The largest absolute Gasteiger partial charge is 0.511 e. The van der Waals surface area contributed by atoms with E-state index in [1.54, 1.807) is 16.7 Å². The van der Waals surface area contributed by atoms with Crippen LogP contribution in [-0.2, 0) is 6.54 Å². The molecule has 2 rings (SSSR count). The van der Waals surface area contributed by atoms with Gasteiger partial charge < -0.3 is 14.4 Å². The Morgan fingerprint density at radius 2 is 2.22 bits per heavy atom. The van der Waals surface area contributed by atoms with Crippen molar-refractivity contribution in [1.82, 2.24) is 9.55 Å². The molecule has 6 heteroatoms. The van der Waals surface area contributed by atoms with Crippen LogP contribution in [0.1, 0.15) is 12.6 Å². The lowest BCUT2D eigenvalue weighted by atomic mass is 10.2. The van der Waals surface area contributed by atoms with Gasteiger partial charge in [0.1, 0.15) is 5.65 Å². The van der Waals surface area contributed by atoms with Crippen molar-refractivity contribution in [3.05, 3.63) is 34.2 Å². The monoisotopic (exact) mass is 248 g/mol. The standard InChI is InChI=1S/C12H12N2O4/c1-3-14-6-9(18-12(16)17)10(15)8-5-4-7(2)13-11(8)14/h4-6H,3H2,1-2H3,(H,16,17). The molecule has 0 unspecified atom stereocenters. The van der Waals surface area contributed by atoms with Gasteiger partial charge in [-0.1, -0.05) is 0 Å². The highest BCUT2D eigenvalue weighted by Crippen LogP contribution is 2.14. The van der Waals surface area contributed by atoms with Crippen LogP contribution in [0.25, 0.3) is 11.0 Å². The fourth-order valence-electron chi connectivity index (χ4n) is 1.74. The minimum atomic E-state index is -1.51. The Morgan fingerprint density at radius 3 is 2.83 bits per heavy atom. The lowest BCUT2D eigenvalue weighted by Gasteiger charge is -2.10. The number of hydrogen-bond acceptors (Lipinski definition) is 4. The Balaban J connectivity index is 2.78. The molecule has 0 saturated carbocycles. The fourth-order valence-corrected chi connectivity index (χ4v) is 1.74. The number of aryl methyl sites for hydroxylation is 2. The third-order valence-electron chi connectivity index (χ3n) is 2.57. The maximum atomic E-state index is 12.0. The smallest absolute Gasteiger partial charge is 0.449 e. The van der Waals surface area contributed by atoms with Gasteiger partial charge in [-0.25, -0.2) is 9.78 Å². The van der Waals surface area contributed by atoms with Crippen molar-refractivity contribution in [2.24, 2.45) is 0 Å². The van der Waals surface area contributed by atoms with Gasteiger partial charge in [-0.3, -0.25) is 4.79 Å². The van der Waals surface area contributed by atoms with Crippen LogP contribution in [0.2, 0.25) is 0 Å². The zero-order valence-electron chi connectivity index (χ0n) is 10.0. The van der Waals surface area contributed by atoms with E-state index in [0.29, 0.717) is 17.6 Å². The van der Waals surface area contributed by atoms with Crippen LogP contribution in [-0.4, -0.2) is 20.8 Å². The summed E-state index contributed by atoms with van der Waals surface area (Å²) >= 11 is 0. The van der Waals surface area contributed by atoms with E-state index in [0.717, 1.165) is 5.69 Å². The molecule has 0 amide bonds. The molecular weight excluding hydrogens is 236 g/mol. The Kier molecular flexibility index (Phi) is 3.01. The van der Waals surface area contributed by atoms with E-state index in [1.165, 1.54) is 6.20 Å². The molecule has 6 nitrogen and oxygen atoms in total. The second-order valence-corrected chi connectivity index (χ2v) is 3.80. The van der Waals surface area contributed by atoms with Crippen LogP contribution in [0.3, 0.4) is 0 Å². The Bertz CT molecular complexity index is 676. The normalized spacial score (nSPS) is 10.6. The molecule has 1 N–H and O–H groups in total. The first-order chi connectivity index (χ1) is 8.52. The lowest BCUT2D eigenvalue weighted by molar-refractivity contribution is 0.144. The van der Waals surface area contributed by atoms with Crippen molar-refractivity contribution in [2.75, 3.05) is 0 Å². The maximum absolute atomic E-state index is 12.0. The summed E-state index contributed by atoms with van der Waals surface area (Å²) in [7, 11) is 0. The molecule has 94 valence electrons. The van der Waals surface area contributed by atoms with Gasteiger partial charge in [0.2, 0.25) is 5.43 Å². The van der Waals surface area contributed by atoms with Gasteiger partial charge in [0.25, 0.3) is 0 Å². The van der Waals surface area contributed by atoms with Gasteiger partial charge >= 0.3 is 6.16 Å². The SMILES string of the molecule is CCn1cc(OC(=O)O)c(=O)c2ccc(C)nc21. The molecular formula is C12H12N2O4. The number of carbonyl (C=O) groups is 1. The highest BCUT2D eigenvalue weighted by Gasteiger charge is 2.13. The van der Waals surface area contributed by atoms with Crippen molar-refractivity contribution in [1.29, 1.82) is 0 Å². The third kappa shape index (κ3) is 2.04. The summed E-state index contributed by atoms with van der Waals surface area (Å²) in [5, 5.41) is 8.93. The third-order valence-corrected chi connectivity index (χ3v) is 2.57. The summed E-state index contributed by atoms with van der Waals surface area (Å²) < 4.78 is 6.16. The molecule has 0 atom stereocenters. The predicted molar refractivity (Wildman–Crippen MR) is 65.1 cm³/mol. The number of hydrogen-bond donors (Lipinski definition) is 1. The van der Waals surface area contributed by atoms with Crippen LogP contribution in [0.4, 0.5) is 4.79 Å². The number of fused-ring (bicyclic) bond motifs is 1. The van der Waals surface area contributed by atoms with E-state index in [1.807, 2.05) is 13.8 Å². The van der Waals surface area contributed by atoms with E-state index in [9.17, 15) is 9.59 Å². The number of carboxylic acid groups (broad SMARTS) is 1. The summed E-state index contributed by atoms with van der Waals surface area (Å²) in [5.74, 6) is -0.206. The highest BCUT2D eigenvalue weighted by atomic mass is 16.7. The highest BCUT2D eigenvalue weighted by molar-refractivity contribution is 5.77. The number of pyridine rings is 2. The van der Waals surface area contributed by atoms with Crippen molar-refractivity contribution < 1.29 is 14.6 Å². The molecule has 0 fully saturated rings. The summed E-state index contributed by atoms with van der Waals surface area (Å²) in [5.41, 5.74) is 0.848. The van der Waals surface area contributed by atoms with Crippen LogP contribution < -0.4 is 10.2 Å². The van der Waals surface area contributed by atoms with E-state index >= 15 is 0 Å². The average Bonchev–Trinajstić information content (AvgIpc) is 2.32.